The number of alkyl carbamates (subject to hydrolysis) is 1. The molecule has 0 bridgehead atoms. The van der Waals surface area contributed by atoms with E-state index in [-0.39, 0.29) is 26.1 Å². The van der Waals surface area contributed by atoms with Gasteiger partial charge in [0.1, 0.15) is 17.7 Å². The Hall–Kier alpha value is -3.40. The van der Waals surface area contributed by atoms with E-state index < -0.39 is 48.2 Å². The maximum Gasteiger partial charge on any atom is 0.408 e. The van der Waals surface area contributed by atoms with Gasteiger partial charge in [0.15, 0.2) is 0 Å². The highest BCUT2D eigenvalue weighted by Crippen LogP contribution is 2.25. The molecule has 206 valence electrons. The first-order valence-corrected chi connectivity index (χ1v) is 12.5. The standard InChI is InChI=1S/C27H41N3O7/c1-7-10-16-30(25(34)21(18-31)29-26(35)37-27(4,5)6)23(20-13-11-12-19(8-2)17-20)24(33)28-15-14-22(32)36-9-3/h8,11-13,17,21,23,31H,2,7,9-10,14-16,18H2,1,3-6H3,(H,28,33)(H,29,35). The molecule has 1 rings (SSSR count). The molecule has 10 nitrogen and oxygen atoms in total. The molecule has 37 heavy (non-hydrogen) atoms. The van der Waals surface area contributed by atoms with Gasteiger partial charge < -0.3 is 30.1 Å². The number of benzene rings is 1. The zero-order valence-corrected chi connectivity index (χ0v) is 22.5. The number of hydrogen-bond donors (Lipinski definition) is 3. The average Bonchev–Trinajstić information content (AvgIpc) is 2.83. The Morgan fingerprint density at radius 1 is 1.19 bits per heavy atom. The highest BCUT2D eigenvalue weighted by Gasteiger charge is 2.36. The maximum absolute atomic E-state index is 13.6. The van der Waals surface area contributed by atoms with E-state index in [1.54, 1.807) is 52.0 Å². The van der Waals surface area contributed by atoms with Gasteiger partial charge in [0.25, 0.3) is 0 Å². The van der Waals surface area contributed by atoms with Crippen molar-refractivity contribution in [2.45, 2.75) is 71.6 Å². The van der Waals surface area contributed by atoms with Crippen LogP contribution in [0.5, 0.6) is 0 Å². The summed E-state index contributed by atoms with van der Waals surface area (Å²) < 4.78 is 10.1. The van der Waals surface area contributed by atoms with Crippen LogP contribution in [0.3, 0.4) is 0 Å². The summed E-state index contributed by atoms with van der Waals surface area (Å²) in [5.74, 6) is -1.60. The van der Waals surface area contributed by atoms with Crippen LogP contribution < -0.4 is 10.6 Å². The first-order chi connectivity index (χ1) is 17.5. The fourth-order valence-corrected chi connectivity index (χ4v) is 3.48. The molecule has 0 fully saturated rings. The minimum atomic E-state index is -1.33. The van der Waals surface area contributed by atoms with Gasteiger partial charge >= 0.3 is 12.1 Å². The van der Waals surface area contributed by atoms with E-state index in [2.05, 4.69) is 17.2 Å². The summed E-state index contributed by atoms with van der Waals surface area (Å²) in [6.07, 6.45) is 2.04. The molecule has 2 atom stereocenters. The predicted molar refractivity (Wildman–Crippen MR) is 140 cm³/mol. The van der Waals surface area contributed by atoms with E-state index >= 15 is 0 Å². The molecule has 3 amide bonds. The van der Waals surface area contributed by atoms with Gasteiger partial charge in [-0.2, -0.15) is 0 Å². The molecule has 1 aromatic carbocycles. The molecule has 0 heterocycles. The van der Waals surface area contributed by atoms with E-state index in [1.165, 1.54) is 4.90 Å². The quantitative estimate of drug-likeness (QED) is 0.322. The fourth-order valence-electron chi connectivity index (χ4n) is 3.48. The first kappa shape index (κ1) is 31.6. The summed E-state index contributed by atoms with van der Waals surface area (Å²) in [6, 6.07) is 4.59. The Morgan fingerprint density at radius 3 is 2.46 bits per heavy atom. The number of aliphatic hydroxyl groups excluding tert-OH is 1. The number of amides is 3. The molecule has 0 radical (unpaired) electrons. The van der Waals surface area contributed by atoms with Crippen LogP contribution in [0.1, 0.15) is 71.0 Å². The third-order valence-corrected chi connectivity index (χ3v) is 5.16. The minimum absolute atomic E-state index is 0.0186. The molecular weight excluding hydrogens is 478 g/mol. The van der Waals surface area contributed by atoms with Crippen molar-refractivity contribution in [1.29, 1.82) is 0 Å². The van der Waals surface area contributed by atoms with Crippen molar-refractivity contribution in [1.82, 2.24) is 15.5 Å². The second-order valence-electron chi connectivity index (χ2n) is 9.39. The van der Waals surface area contributed by atoms with Crippen molar-refractivity contribution in [2.75, 3.05) is 26.3 Å². The molecule has 0 aliphatic carbocycles. The van der Waals surface area contributed by atoms with Gasteiger partial charge in [0, 0.05) is 13.1 Å². The first-order valence-electron chi connectivity index (χ1n) is 12.5. The van der Waals surface area contributed by atoms with E-state index in [0.29, 0.717) is 12.0 Å². The number of hydrogen-bond acceptors (Lipinski definition) is 7. The Morgan fingerprint density at radius 2 is 1.89 bits per heavy atom. The second-order valence-corrected chi connectivity index (χ2v) is 9.39. The molecule has 0 aliphatic heterocycles. The number of aliphatic hydroxyl groups is 1. The van der Waals surface area contributed by atoms with Crippen LogP contribution in [-0.4, -0.2) is 71.8 Å². The summed E-state index contributed by atoms with van der Waals surface area (Å²) in [5, 5.41) is 15.1. The summed E-state index contributed by atoms with van der Waals surface area (Å²) in [6.45, 7) is 12.2. The van der Waals surface area contributed by atoms with Crippen molar-refractivity contribution in [3.8, 4) is 0 Å². The van der Waals surface area contributed by atoms with Gasteiger partial charge in [-0.3, -0.25) is 14.4 Å². The molecule has 0 saturated carbocycles. The Labute approximate surface area is 219 Å². The van der Waals surface area contributed by atoms with Gasteiger partial charge in [0.05, 0.1) is 19.6 Å². The fraction of sp³-hybridized carbons (Fsp3) is 0.556. The smallest absolute Gasteiger partial charge is 0.408 e. The zero-order chi connectivity index (χ0) is 28.0. The number of carbonyl (C=O) groups excluding carboxylic acids is 4. The van der Waals surface area contributed by atoms with Crippen molar-refractivity contribution >= 4 is 30.0 Å². The summed E-state index contributed by atoms with van der Waals surface area (Å²) >= 11 is 0. The van der Waals surface area contributed by atoms with Crippen molar-refractivity contribution in [3.05, 3.63) is 42.0 Å². The Balaban J connectivity index is 3.34. The molecule has 10 heteroatoms. The third-order valence-electron chi connectivity index (χ3n) is 5.16. The highest BCUT2D eigenvalue weighted by atomic mass is 16.6. The average molecular weight is 520 g/mol. The molecule has 1 aromatic rings. The summed E-state index contributed by atoms with van der Waals surface area (Å²) in [7, 11) is 0. The van der Waals surface area contributed by atoms with Crippen LogP contribution in [0.2, 0.25) is 0 Å². The number of rotatable bonds is 14. The highest BCUT2D eigenvalue weighted by molar-refractivity contribution is 5.92. The van der Waals surface area contributed by atoms with E-state index in [9.17, 15) is 24.3 Å². The topological polar surface area (TPSA) is 134 Å². The molecular formula is C27H41N3O7. The normalized spacial score (nSPS) is 12.6. The number of esters is 1. The monoisotopic (exact) mass is 519 g/mol. The van der Waals surface area contributed by atoms with Crippen LogP contribution in [0, 0.1) is 0 Å². The molecule has 0 aliphatic rings. The molecule has 2 unspecified atom stereocenters. The summed E-state index contributed by atoms with van der Waals surface area (Å²) in [4.78, 5) is 52.5. The number of unbranched alkanes of at least 4 members (excludes halogenated alkanes) is 1. The lowest BCUT2D eigenvalue weighted by Gasteiger charge is -2.34. The molecule has 0 spiro atoms. The SMILES string of the molecule is C=Cc1cccc(C(C(=O)NCCC(=O)OCC)N(CCCC)C(=O)C(CO)NC(=O)OC(C)(C)C)c1. The Bertz CT molecular complexity index is 927. The Kier molecular flexibility index (Phi) is 13.4. The lowest BCUT2D eigenvalue weighted by atomic mass is 10.00. The molecule has 0 saturated heterocycles. The lowest BCUT2D eigenvalue weighted by Crippen LogP contribution is -2.54. The van der Waals surface area contributed by atoms with Crippen molar-refractivity contribution in [3.63, 3.8) is 0 Å². The number of ether oxygens (including phenoxy) is 2. The van der Waals surface area contributed by atoms with E-state index in [1.807, 2.05) is 13.0 Å². The second kappa shape index (κ2) is 15.7. The molecule has 3 N–H and O–H groups in total. The maximum atomic E-state index is 13.6. The number of nitrogens with zero attached hydrogens (tertiary/aromatic N) is 1. The third kappa shape index (κ3) is 11.0. The van der Waals surface area contributed by atoms with Crippen LogP contribution >= 0.6 is 0 Å². The van der Waals surface area contributed by atoms with Crippen LogP contribution in [0.25, 0.3) is 6.08 Å². The van der Waals surface area contributed by atoms with Crippen molar-refractivity contribution in [2.24, 2.45) is 0 Å². The number of carbonyl (C=O) groups is 4. The molecule has 0 aromatic heterocycles. The largest absolute Gasteiger partial charge is 0.466 e. The summed E-state index contributed by atoms with van der Waals surface area (Å²) in [5.41, 5.74) is 0.460. The number of nitrogens with one attached hydrogen (secondary N) is 2. The zero-order valence-electron chi connectivity index (χ0n) is 22.5. The lowest BCUT2D eigenvalue weighted by molar-refractivity contribution is -0.144. The van der Waals surface area contributed by atoms with E-state index in [4.69, 9.17) is 9.47 Å². The van der Waals surface area contributed by atoms with Gasteiger partial charge in [-0.25, -0.2) is 4.79 Å². The van der Waals surface area contributed by atoms with Crippen molar-refractivity contribution < 1.29 is 33.8 Å². The van der Waals surface area contributed by atoms with Gasteiger partial charge in [-0.1, -0.05) is 44.2 Å². The van der Waals surface area contributed by atoms with Crippen LogP contribution in [0.4, 0.5) is 4.79 Å². The van der Waals surface area contributed by atoms with Gasteiger partial charge in [-0.15, -0.1) is 0 Å². The van der Waals surface area contributed by atoms with Gasteiger partial charge in [0.2, 0.25) is 11.8 Å². The van der Waals surface area contributed by atoms with Crippen LogP contribution in [0.15, 0.2) is 30.8 Å². The minimum Gasteiger partial charge on any atom is -0.466 e. The predicted octanol–water partition coefficient (Wildman–Crippen LogP) is 2.95. The van der Waals surface area contributed by atoms with Crippen LogP contribution in [-0.2, 0) is 23.9 Å². The van der Waals surface area contributed by atoms with Gasteiger partial charge in [-0.05, 0) is 51.3 Å². The van der Waals surface area contributed by atoms with E-state index in [0.717, 1.165) is 12.0 Å².